The van der Waals surface area contributed by atoms with E-state index in [0.717, 1.165) is 10.6 Å². The molecule has 0 saturated carbocycles. The molecule has 7 heteroatoms. The van der Waals surface area contributed by atoms with Gasteiger partial charge in [0.2, 0.25) is 10.0 Å². The summed E-state index contributed by atoms with van der Waals surface area (Å²) in [7, 11) is -3.84. The first-order valence-electron chi connectivity index (χ1n) is 5.74. The molecule has 5 N–H and O–H groups in total. The van der Waals surface area contributed by atoms with Gasteiger partial charge >= 0.3 is 0 Å². The van der Waals surface area contributed by atoms with Gasteiger partial charge in [-0.2, -0.15) is 0 Å². The summed E-state index contributed by atoms with van der Waals surface area (Å²) in [4.78, 5) is 0.984. The van der Waals surface area contributed by atoms with Gasteiger partial charge in [-0.3, -0.25) is 0 Å². The maximum Gasteiger partial charge on any atom is 0.240 e. The first-order valence-corrected chi connectivity index (χ1v) is 8.51. The van der Waals surface area contributed by atoms with E-state index in [0.29, 0.717) is 11.4 Å². The molecule has 5 nitrogen and oxygen atoms in total. The minimum atomic E-state index is -3.84. The molecule has 2 aromatic rings. The van der Waals surface area contributed by atoms with E-state index in [1.54, 1.807) is 23.9 Å². The highest BCUT2D eigenvalue weighted by atomic mass is 32.2. The van der Waals surface area contributed by atoms with Crippen LogP contribution in [0.2, 0.25) is 0 Å². The average Bonchev–Trinajstić information content (AvgIpc) is 2.40. The van der Waals surface area contributed by atoms with Crippen LogP contribution in [0.1, 0.15) is 0 Å². The lowest BCUT2D eigenvalue weighted by molar-refractivity contribution is 0.598. The Morgan fingerprint density at radius 1 is 1.10 bits per heavy atom. The van der Waals surface area contributed by atoms with Gasteiger partial charge in [0.1, 0.15) is 4.90 Å². The van der Waals surface area contributed by atoms with Crippen LogP contribution >= 0.6 is 11.8 Å². The smallest absolute Gasteiger partial charge is 0.240 e. The molecule has 0 fully saturated rings. The number of anilines is 3. The fraction of sp³-hybridized carbons (Fsp3) is 0.0769. The van der Waals surface area contributed by atoms with Gasteiger partial charge in [0.25, 0.3) is 0 Å². The van der Waals surface area contributed by atoms with Crippen molar-refractivity contribution in [1.82, 2.24) is 0 Å². The lowest BCUT2D eigenvalue weighted by Crippen LogP contribution is -2.14. The molecule has 0 unspecified atom stereocenters. The maximum atomic E-state index is 11.6. The molecule has 0 atom stereocenters. The van der Waals surface area contributed by atoms with E-state index >= 15 is 0 Å². The summed E-state index contributed by atoms with van der Waals surface area (Å²) < 4.78 is 23.3. The topological polar surface area (TPSA) is 98.2 Å². The van der Waals surface area contributed by atoms with Crippen molar-refractivity contribution in [2.24, 2.45) is 5.14 Å². The number of thioether (sulfide) groups is 1. The molecule has 0 aliphatic carbocycles. The van der Waals surface area contributed by atoms with Crippen LogP contribution in [-0.4, -0.2) is 14.7 Å². The van der Waals surface area contributed by atoms with Crippen LogP contribution in [0.4, 0.5) is 17.1 Å². The zero-order chi connectivity index (χ0) is 14.8. The van der Waals surface area contributed by atoms with E-state index in [9.17, 15) is 8.42 Å². The molecule has 0 bridgehead atoms. The van der Waals surface area contributed by atoms with E-state index in [4.69, 9.17) is 10.9 Å². The number of hydrogen-bond donors (Lipinski definition) is 3. The van der Waals surface area contributed by atoms with E-state index < -0.39 is 10.0 Å². The molecular weight excluding hydrogens is 294 g/mol. The van der Waals surface area contributed by atoms with Crippen molar-refractivity contribution in [1.29, 1.82) is 0 Å². The molecule has 0 amide bonds. The van der Waals surface area contributed by atoms with Crippen LogP contribution in [0.25, 0.3) is 0 Å². The molecule has 0 aromatic heterocycles. The van der Waals surface area contributed by atoms with Gasteiger partial charge in [-0.15, -0.1) is 11.8 Å². The second kappa shape index (κ2) is 5.74. The number of primary sulfonamides is 1. The second-order valence-corrected chi connectivity index (χ2v) is 6.50. The third-order valence-electron chi connectivity index (χ3n) is 2.69. The Bertz CT molecular complexity index is 730. The van der Waals surface area contributed by atoms with Crippen molar-refractivity contribution in [2.75, 3.05) is 17.3 Å². The number of hydrogen-bond acceptors (Lipinski definition) is 5. The van der Waals surface area contributed by atoms with Gasteiger partial charge < -0.3 is 11.1 Å². The normalized spacial score (nSPS) is 11.3. The van der Waals surface area contributed by atoms with E-state index in [-0.39, 0.29) is 4.90 Å². The minimum Gasteiger partial charge on any atom is -0.399 e. The maximum absolute atomic E-state index is 11.6. The molecular formula is C13H15N3O2S2. The number of nitrogens with one attached hydrogen (secondary N) is 1. The van der Waals surface area contributed by atoms with Crippen molar-refractivity contribution < 1.29 is 8.42 Å². The van der Waals surface area contributed by atoms with Crippen molar-refractivity contribution in [3.63, 3.8) is 0 Å². The molecule has 0 aliphatic rings. The lowest BCUT2D eigenvalue weighted by Gasteiger charge is -2.13. The number of rotatable bonds is 4. The highest BCUT2D eigenvalue weighted by molar-refractivity contribution is 7.98. The molecule has 0 spiro atoms. The first-order chi connectivity index (χ1) is 9.41. The highest BCUT2D eigenvalue weighted by Crippen LogP contribution is 2.31. The first kappa shape index (κ1) is 14.7. The Hall–Kier alpha value is -1.70. The Balaban J connectivity index is 2.49. The highest BCUT2D eigenvalue weighted by Gasteiger charge is 2.15. The van der Waals surface area contributed by atoms with Crippen LogP contribution in [0, 0.1) is 0 Å². The summed E-state index contributed by atoms with van der Waals surface area (Å²) in [6, 6.07) is 12.2. The van der Waals surface area contributed by atoms with Gasteiger partial charge in [-0.05, 0) is 36.6 Å². The number of para-hydroxylation sites is 1. The van der Waals surface area contributed by atoms with Gasteiger partial charge in [-0.25, -0.2) is 13.6 Å². The van der Waals surface area contributed by atoms with Crippen molar-refractivity contribution >= 4 is 38.8 Å². The lowest BCUT2D eigenvalue weighted by atomic mass is 10.2. The monoisotopic (exact) mass is 309 g/mol. The van der Waals surface area contributed by atoms with Gasteiger partial charge in [0.15, 0.2) is 0 Å². The Morgan fingerprint density at radius 2 is 1.80 bits per heavy atom. The molecule has 106 valence electrons. The van der Waals surface area contributed by atoms with Crippen LogP contribution in [0.15, 0.2) is 52.3 Å². The Kier molecular flexibility index (Phi) is 4.22. The second-order valence-electron chi connectivity index (χ2n) is 4.13. The van der Waals surface area contributed by atoms with E-state index in [1.807, 2.05) is 30.5 Å². The predicted molar refractivity (Wildman–Crippen MR) is 83.7 cm³/mol. The Morgan fingerprint density at radius 3 is 2.45 bits per heavy atom. The molecule has 0 radical (unpaired) electrons. The third-order valence-corrected chi connectivity index (χ3v) is 4.44. The molecule has 20 heavy (non-hydrogen) atoms. The van der Waals surface area contributed by atoms with E-state index in [1.165, 1.54) is 6.07 Å². The average molecular weight is 309 g/mol. The quantitative estimate of drug-likeness (QED) is 0.595. The number of sulfonamides is 1. The molecule has 2 rings (SSSR count). The van der Waals surface area contributed by atoms with Gasteiger partial charge in [-0.1, -0.05) is 12.1 Å². The summed E-state index contributed by atoms with van der Waals surface area (Å²) in [5, 5.41) is 8.31. The molecule has 2 aromatic carbocycles. The largest absolute Gasteiger partial charge is 0.399 e. The summed E-state index contributed by atoms with van der Waals surface area (Å²) in [5.74, 6) is 0. The zero-order valence-electron chi connectivity index (χ0n) is 10.8. The predicted octanol–water partition coefficient (Wildman–Crippen LogP) is 2.38. The zero-order valence-corrected chi connectivity index (χ0v) is 12.5. The van der Waals surface area contributed by atoms with Crippen molar-refractivity contribution in [3.8, 4) is 0 Å². The van der Waals surface area contributed by atoms with Crippen molar-refractivity contribution in [2.45, 2.75) is 9.79 Å². The SMILES string of the molecule is CSc1ccccc1Nc1ccc(N)cc1S(N)(=O)=O. The summed E-state index contributed by atoms with van der Waals surface area (Å²) in [6.07, 6.45) is 1.95. The summed E-state index contributed by atoms with van der Waals surface area (Å²) in [5.41, 5.74) is 7.19. The van der Waals surface area contributed by atoms with Crippen LogP contribution in [0.5, 0.6) is 0 Å². The fourth-order valence-corrected chi connectivity index (χ4v) is 3.05. The number of benzene rings is 2. The third kappa shape index (κ3) is 3.24. The molecule has 0 heterocycles. The van der Waals surface area contributed by atoms with Crippen LogP contribution in [0.3, 0.4) is 0 Å². The Labute approximate surface area is 122 Å². The van der Waals surface area contributed by atoms with Gasteiger partial charge in [0, 0.05) is 10.6 Å². The fourth-order valence-electron chi connectivity index (χ4n) is 1.77. The van der Waals surface area contributed by atoms with E-state index in [2.05, 4.69) is 5.32 Å². The van der Waals surface area contributed by atoms with Crippen molar-refractivity contribution in [3.05, 3.63) is 42.5 Å². The van der Waals surface area contributed by atoms with Gasteiger partial charge in [0.05, 0.1) is 11.4 Å². The molecule has 0 saturated heterocycles. The summed E-state index contributed by atoms with van der Waals surface area (Å²) in [6.45, 7) is 0. The summed E-state index contributed by atoms with van der Waals surface area (Å²) >= 11 is 1.56. The number of nitrogens with two attached hydrogens (primary N) is 2. The minimum absolute atomic E-state index is 0.0200. The van der Waals surface area contributed by atoms with Crippen LogP contribution in [-0.2, 0) is 10.0 Å². The van der Waals surface area contributed by atoms with Crippen LogP contribution < -0.4 is 16.2 Å². The number of nitrogen functional groups attached to an aromatic ring is 1. The molecule has 0 aliphatic heterocycles. The standard InChI is InChI=1S/C13H15N3O2S2/c1-19-12-5-3-2-4-10(12)16-11-7-6-9(14)8-13(11)20(15,17)18/h2-8,16H,14H2,1H3,(H2,15,17,18).